The quantitative estimate of drug-likeness (QED) is 0.569. The van der Waals surface area contributed by atoms with Crippen molar-refractivity contribution in [2.45, 2.75) is 19.5 Å². The molecule has 0 atom stereocenters. The van der Waals surface area contributed by atoms with Gasteiger partial charge in [-0.2, -0.15) is 0 Å². The van der Waals surface area contributed by atoms with E-state index in [1.54, 1.807) is 19.2 Å². The van der Waals surface area contributed by atoms with Gasteiger partial charge in [0.15, 0.2) is 5.96 Å². The Bertz CT molecular complexity index is 757. The average Bonchev–Trinajstić information content (AvgIpc) is 2.72. The van der Waals surface area contributed by atoms with Crippen LogP contribution in [0.3, 0.4) is 0 Å². The molecule has 5 nitrogen and oxygen atoms in total. The highest BCUT2D eigenvalue weighted by molar-refractivity contribution is 5.79. The minimum Gasteiger partial charge on any atom is -0.379 e. The van der Waals surface area contributed by atoms with Gasteiger partial charge in [0.1, 0.15) is 5.82 Å². The van der Waals surface area contributed by atoms with Gasteiger partial charge in [0.2, 0.25) is 0 Å². The van der Waals surface area contributed by atoms with Gasteiger partial charge in [0.05, 0.1) is 13.2 Å². The summed E-state index contributed by atoms with van der Waals surface area (Å²) in [6.07, 6.45) is 0.745. The normalized spacial score (nSPS) is 15.4. The number of ether oxygens (including phenoxy) is 1. The lowest BCUT2D eigenvalue weighted by Crippen LogP contribution is -2.37. The molecule has 3 rings (SSSR count). The number of nitrogens with one attached hydrogen (secondary N) is 2. The molecule has 2 aromatic rings. The van der Waals surface area contributed by atoms with E-state index in [2.05, 4.69) is 44.8 Å². The molecule has 1 saturated heterocycles. The Morgan fingerprint density at radius 2 is 1.79 bits per heavy atom. The summed E-state index contributed by atoms with van der Waals surface area (Å²) in [6, 6.07) is 15.4. The molecule has 1 aliphatic rings. The summed E-state index contributed by atoms with van der Waals surface area (Å²) in [5.41, 5.74) is 3.50. The first kappa shape index (κ1) is 20.3. The first-order chi connectivity index (χ1) is 13.7. The zero-order chi connectivity index (χ0) is 19.6. The molecule has 28 heavy (non-hydrogen) atoms. The molecule has 0 unspecified atom stereocenters. The maximum absolute atomic E-state index is 13.2. The predicted octanol–water partition coefficient (Wildman–Crippen LogP) is 2.57. The third-order valence-electron chi connectivity index (χ3n) is 4.81. The van der Waals surface area contributed by atoms with E-state index in [1.807, 2.05) is 6.07 Å². The van der Waals surface area contributed by atoms with Crippen molar-refractivity contribution >= 4 is 5.96 Å². The fourth-order valence-corrected chi connectivity index (χ4v) is 3.20. The Labute approximate surface area is 166 Å². The van der Waals surface area contributed by atoms with Crippen molar-refractivity contribution in [2.24, 2.45) is 4.99 Å². The molecule has 1 heterocycles. The summed E-state index contributed by atoms with van der Waals surface area (Å²) >= 11 is 0. The summed E-state index contributed by atoms with van der Waals surface area (Å²) < 4.78 is 18.6. The average molecular weight is 384 g/mol. The first-order valence-electron chi connectivity index (χ1n) is 9.80. The number of morpholine rings is 1. The van der Waals surface area contributed by atoms with E-state index in [0.717, 1.165) is 50.8 Å². The lowest BCUT2D eigenvalue weighted by atomic mass is 10.1. The van der Waals surface area contributed by atoms with Crippen molar-refractivity contribution in [2.75, 3.05) is 39.9 Å². The second-order valence-corrected chi connectivity index (χ2v) is 6.94. The van der Waals surface area contributed by atoms with E-state index < -0.39 is 0 Å². The van der Waals surface area contributed by atoms with Gasteiger partial charge >= 0.3 is 0 Å². The Morgan fingerprint density at radius 3 is 2.50 bits per heavy atom. The second-order valence-electron chi connectivity index (χ2n) is 6.94. The third kappa shape index (κ3) is 6.62. The standard InChI is InChI=1S/C22H29FN4O/c1-24-22(25-10-9-18-3-2-4-21(23)15-18)26-16-19-5-7-20(8-6-19)17-27-11-13-28-14-12-27/h2-8,15H,9-14,16-17H2,1H3,(H2,24,25,26). The Morgan fingerprint density at radius 1 is 1.04 bits per heavy atom. The topological polar surface area (TPSA) is 48.9 Å². The molecule has 150 valence electrons. The van der Waals surface area contributed by atoms with Gasteiger partial charge in [-0.25, -0.2) is 4.39 Å². The fraction of sp³-hybridized carbons (Fsp3) is 0.409. The maximum Gasteiger partial charge on any atom is 0.191 e. The number of hydrogen-bond acceptors (Lipinski definition) is 3. The molecule has 2 aromatic carbocycles. The summed E-state index contributed by atoms with van der Waals surface area (Å²) in [6.45, 7) is 6.03. The summed E-state index contributed by atoms with van der Waals surface area (Å²) in [5, 5.41) is 6.59. The zero-order valence-corrected chi connectivity index (χ0v) is 16.5. The number of hydrogen-bond donors (Lipinski definition) is 2. The lowest BCUT2D eigenvalue weighted by molar-refractivity contribution is 0.0342. The van der Waals surface area contributed by atoms with Crippen LogP contribution in [-0.2, 0) is 24.2 Å². The predicted molar refractivity (Wildman–Crippen MR) is 111 cm³/mol. The van der Waals surface area contributed by atoms with Crippen LogP contribution in [0.25, 0.3) is 0 Å². The molecule has 1 fully saturated rings. The molecule has 0 spiro atoms. The Balaban J connectivity index is 1.40. The molecular weight excluding hydrogens is 355 g/mol. The minimum atomic E-state index is -0.197. The maximum atomic E-state index is 13.2. The SMILES string of the molecule is CN=C(NCCc1cccc(F)c1)NCc1ccc(CN2CCOCC2)cc1. The highest BCUT2D eigenvalue weighted by Gasteiger charge is 2.10. The van der Waals surface area contributed by atoms with Crippen LogP contribution in [0.2, 0.25) is 0 Å². The number of rotatable bonds is 7. The molecule has 0 aromatic heterocycles. The van der Waals surface area contributed by atoms with Crippen molar-refractivity contribution in [3.05, 3.63) is 71.0 Å². The molecule has 2 N–H and O–H groups in total. The molecule has 0 saturated carbocycles. The zero-order valence-electron chi connectivity index (χ0n) is 16.5. The van der Waals surface area contributed by atoms with Crippen LogP contribution >= 0.6 is 0 Å². The van der Waals surface area contributed by atoms with E-state index in [0.29, 0.717) is 13.1 Å². The van der Waals surface area contributed by atoms with Gasteiger partial charge in [0.25, 0.3) is 0 Å². The monoisotopic (exact) mass is 384 g/mol. The first-order valence-corrected chi connectivity index (χ1v) is 9.80. The number of aliphatic imine (C=N–C) groups is 1. The van der Waals surface area contributed by atoms with Crippen LogP contribution in [0, 0.1) is 5.82 Å². The van der Waals surface area contributed by atoms with Crippen LogP contribution in [0.15, 0.2) is 53.5 Å². The molecule has 0 amide bonds. The van der Waals surface area contributed by atoms with E-state index in [1.165, 1.54) is 17.2 Å². The van der Waals surface area contributed by atoms with E-state index >= 15 is 0 Å². The molecule has 6 heteroatoms. The van der Waals surface area contributed by atoms with Crippen LogP contribution < -0.4 is 10.6 Å². The van der Waals surface area contributed by atoms with E-state index in [9.17, 15) is 4.39 Å². The third-order valence-corrected chi connectivity index (χ3v) is 4.81. The second kappa shape index (κ2) is 10.8. The minimum absolute atomic E-state index is 0.197. The highest BCUT2D eigenvalue weighted by atomic mass is 19.1. The summed E-state index contributed by atoms with van der Waals surface area (Å²) in [5.74, 6) is 0.547. The van der Waals surface area contributed by atoms with Crippen LogP contribution in [0.1, 0.15) is 16.7 Å². The van der Waals surface area contributed by atoms with Crippen LogP contribution in [0.5, 0.6) is 0 Å². The number of halogens is 1. The molecule has 0 aliphatic carbocycles. The number of nitrogens with zero attached hydrogens (tertiary/aromatic N) is 2. The highest BCUT2D eigenvalue weighted by Crippen LogP contribution is 2.09. The smallest absolute Gasteiger partial charge is 0.191 e. The van der Waals surface area contributed by atoms with E-state index in [4.69, 9.17) is 4.74 Å². The Hall–Kier alpha value is -2.44. The number of benzene rings is 2. The lowest BCUT2D eigenvalue weighted by Gasteiger charge is -2.26. The van der Waals surface area contributed by atoms with Crippen molar-refractivity contribution in [1.82, 2.24) is 15.5 Å². The van der Waals surface area contributed by atoms with E-state index in [-0.39, 0.29) is 5.82 Å². The molecule has 0 bridgehead atoms. The number of guanidine groups is 1. The van der Waals surface area contributed by atoms with Gasteiger partial charge in [-0.3, -0.25) is 9.89 Å². The summed E-state index contributed by atoms with van der Waals surface area (Å²) in [7, 11) is 1.75. The van der Waals surface area contributed by atoms with Crippen molar-refractivity contribution in [3.8, 4) is 0 Å². The van der Waals surface area contributed by atoms with Crippen molar-refractivity contribution in [1.29, 1.82) is 0 Å². The van der Waals surface area contributed by atoms with Gasteiger partial charge in [-0.1, -0.05) is 36.4 Å². The van der Waals surface area contributed by atoms with Gasteiger partial charge in [-0.15, -0.1) is 0 Å². The molecule has 0 radical (unpaired) electrons. The van der Waals surface area contributed by atoms with Crippen molar-refractivity contribution in [3.63, 3.8) is 0 Å². The fourth-order valence-electron chi connectivity index (χ4n) is 3.20. The van der Waals surface area contributed by atoms with Gasteiger partial charge in [0, 0.05) is 39.8 Å². The van der Waals surface area contributed by atoms with Crippen LogP contribution in [0.4, 0.5) is 4.39 Å². The van der Waals surface area contributed by atoms with Crippen molar-refractivity contribution < 1.29 is 9.13 Å². The molecule has 1 aliphatic heterocycles. The van der Waals surface area contributed by atoms with Gasteiger partial charge in [-0.05, 0) is 35.2 Å². The van der Waals surface area contributed by atoms with Gasteiger partial charge < -0.3 is 15.4 Å². The Kier molecular flexibility index (Phi) is 7.82. The largest absolute Gasteiger partial charge is 0.379 e. The van der Waals surface area contributed by atoms with Crippen LogP contribution in [-0.4, -0.2) is 50.8 Å². The molecular formula is C22H29FN4O. The summed E-state index contributed by atoms with van der Waals surface area (Å²) in [4.78, 5) is 6.67.